The third-order valence-corrected chi connectivity index (χ3v) is 5.75. The van der Waals surface area contributed by atoms with Crippen molar-refractivity contribution in [1.29, 1.82) is 0 Å². The predicted octanol–water partition coefficient (Wildman–Crippen LogP) is 5.39. The van der Waals surface area contributed by atoms with Crippen molar-refractivity contribution in [3.63, 3.8) is 0 Å². The van der Waals surface area contributed by atoms with E-state index in [0.29, 0.717) is 21.7 Å². The lowest BCUT2D eigenvalue weighted by Crippen LogP contribution is -2.15. The number of thioether (sulfide) groups is 1. The maximum Gasteiger partial charge on any atom is 0.234 e. The van der Waals surface area contributed by atoms with Crippen molar-refractivity contribution in [1.82, 2.24) is 14.8 Å². The maximum atomic E-state index is 12.3. The minimum Gasteiger partial charge on any atom is -0.486 e. The topological polar surface area (TPSA) is 69.0 Å². The lowest BCUT2D eigenvalue weighted by molar-refractivity contribution is -0.113. The van der Waals surface area contributed by atoms with E-state index in [-0.39, 0.29) is 28.3 Å². The molecule has 0 aliphatic carbocycles. The summed E-state index contributed by atoms with van der Waals surface area (Å²) in [5, 5.41) is 12.5. The summed E-state index contributed by atoms with van der Waals surface area (Å²) in [5.74, 6) is 1.24. The lowest BCUT2D eigenvalue weighted by Gasteiger charge is -2.10. The number of rotatable bonds is 7. The molecule has 0 unspecified atom stereocenters. The Morgan fingerprint density at radius 2 is 1.79 bits per heavy atom. The number of halogens is 3. The van der Waals surface area contributed by atoms with E-state index >= 15 is 0 Å². The first-order valence-electron chi connectivity index (χ1n) is 8.48. The summed E-state index contributed by atoms with van der Waals surface area (Å²) >= 11 is 19.3. The molecule has 0 bridgehead atoms. The number of nitrogens with one attached hydrogen (secondary N) is 1. The van der Waals surface area contributed by atoms with E-state index in [9.17, 15) is 4.79 Å². The van der Waals surface area contributed by atoms with E-state index in [2.05, 4.69) is 15.5 Å². The molecule has 0 atom stereocenters. The fourth-order valence-electron chi connectivity index (χ4n) is 2.35. The van der Waals surface area contributed by atoms with Crippen LogP contribution in [-0.2, 0) is 18.4 Å². The minimum absolute atomic E-state index is 0.111. The number of hydrogen-bond acceptors (Lipinski definition) is 5. The molecule has 2 aromatic carbocycles. The largest absolute Gasteiger partial charge is 0.486 e. The Hall–Kier alpha value is -1.93. The molecular weight excluding hydrogens is 455 g/mol. The first kappa shape index (κ1) is 21.8. The van der Waals surface area contributed by atoms with Crippen LogP contribution in [0.1, 0.15) is 11.4 Å². The monoisotopic (exact) mass is 470 g/mol. The summed E-state index contributed by atoms with van der Waals surface area (Å²) < 4.78 is 7.52. The van der Waals surface area contributed by atoms with Crippen LogP contribution in [0.15, 0.2) is 41.6 Å². The summed E-state index contributed by atoms with van der Waals surface area (Å²) in [6.07, 6.45) is 0. The Morgan fingerprint density at radius 3 is 2.45 bits per heavy atom. The first-order valence-corrected chi connectivity index (χ1v) is 10.6. The van der Waals surface area contributed by atoms with Gasteiger partial charge < -0.3 is 14.6 Å². The van der Waals surface area contributed by atoms with Gasteiger partial charge in [0.25, 0.3) is 0 Å². The Balaban J connectivity index is 1.56. The Kier molecular flexibility index (Phi) is 7.29. The van der Waals surface area contributed by atoms with Crippen molar-refractivity contribution in [3.05, 3.63) is 62.9 Å². The molecule has 1 amide bonds. The zero-order valence-corrected chi connectivity index (χ0v) is 18.7. The molecule has 1 aromatic heterocycles. The molecule has 29 heavy (non-hydrogen) atoms. The molecular formula is C19H17Cl3N4O2S. The molecule has 6 nitrogen and oxygen atoms in total. The molecule has 3 rings (SSSR count). The molecule has 10 heteroatoms. The highest BCUT2D eigenvalue weighted by molar-refractivity contribution is 7.99. The molecule has 0 aliphatic rings. The maximum absolute atomic E-state index is 12.3. The van der Waals surface area contributed by atoms with E-state index < -0.39 is 0 Å². The average Bonchev–Trinajstić information content (AvgIpc) is 3.02. The van der Waals surface area contributed by atoms with Gasteiger partial charge in [-0.25, -0.2) is 0 Å². The third kappa shape index (κ3) is 5.79. The van der Waals surface area contributed by atoms with Gasteiger partial charge in [0.2, 0.25) is 5.91 Å². The van der Waals surface area contributed by atoms with Gasteiger partial charge in [-0.3, -0.25) is 4.79 Å². The summed E-state index contributed by atoms with van der Waals surface area (Å²) in [6.45, 7) is 2.29. The number of benzene rings is 2. The second-order valence-corrected chi connectivity index (χ2v) is 8.33. The van der Waals surface area contributed by atoms with Crippen LogP contribution >= 0.6 is 46.6 Å². The van der Waals surface area contributed by atoms with Gasteiger partial charge in [0.05, 0.1) is 21.5 Å². The normalized spacial score (nSPS) is 10.8. The molecule has 1 N–H and O–H groups in total. The Labute approximate surface area is 187 Å². The van der Waals surface area contributed by atoms with Gasteiger partial charge in [-0.2, -0.15) is 0 Å². The van der Waals surface area contributed by atoms with Crippen molar-refractivity contribution in [2.24, 2.45) is 7.05 Å². The van der Waals surface area contributed by atoms with Crippen LogP contribution in [-0.4, -0.2) is 26.4 Å². The smallest absolute Gasteiger partial charge is 0.234 e. The van der Waals surface area contributed by atoms with Crippen molar-refractivity contribution in [2.75, 3.05) is 11.1 Å². The molecule has 0 aliphatic heterocycles. The molecule has 0 spiro atoms. The van der Waals surface area contributed by atoms with E-state index in [1.807, 2.05) is 38.2 Å². The summed E-state index contributed by atoms with van der Waals surface area (Å²) in [6, 6.07) is 10.8. The summed E-state index contributed by atoms with van der Waals surface area (Å²) in [7, 11) is 1.82. The second kappa shape index (κ2) is 9.71. The number of aromatic nitrogens is 3. The number of amides is 1. The first-order chi connectivity index (χ1) is 13.8. The fourth-order valence-corrected chi connectivity index (χ4v) is 3.99. The number of nitrogens with zero attached hydrogens (tertiary/aromatic N) is 3. The molecule has 1 heterocycles. The second-order valence-electron chi connectivity index (χ2n) is 6.14. The van der Waals surface area contributed by atoms with Crippen molar-refractivity contribution >= 4 is 58.2 Å². The highest BCUT2D eigenvalue weighted by Gasteiger charge is 2.15. The summed E-state index contributed by atoms with van der Waals surface area (Å²) in [4.78, 5) is 12.3. The van der Waals surface area contributed by atoms with Gasteiger partial charge in [0.1, 0.15) is 12.4 Å². The van der Waals surface area contributed by atoms with Crippen LogP contribution in [0.4, 0.5) is 5.69 Å². The third-order valence-electron chi connectivity index (χ3n) is 3.92. The van der Waals surface area contributed by atoms with E-state index in [0.717, 1.165) is 11.3 Å². The number of carbonyl (C=O) groups excluding carboxylic acids is 1. The predicted molar refractivity (Wildman–Crippen MR) is 117 cm³/mol. The van der Waals surface area contributed by atoms with E-state index in [4.69, 9.17) is 39.5 Å². The van der Waals surface area contributed by atoms with Gasteiger partial charge in [0, 0.05) is 12.1 Å². The van der Waals surface area contributed by atoms with Gasteiger partial charge in [-0.05, 0) is 31.2 Å². The minimum atomic E-state index is -0.276. The lowest BCUT2D eigenvalue weighted by atomic mass is 10.2. The zero-order chi connectivity index (χ0) is 21.0. The molecule has 0 saturated carbocycles. The van der Waals surface area contributed by atoms with Crippen LogP contribution in [0.25, 0.3) is 0 Å². The van der Waals surface area contributed by atoms with Crippen molar-refractivity contribution < 1.29 is 9.53 Å². The zero-order valence-electron chi connectivity index (χ0n) is 15.6. The standard InChI is InChI=1S/C19H17Cl3N4O2S/c1-11-3-5-13(6-4-11)28-9-16-24-25-19(26(16)2)29-10-17(27)23-18-14(21)7-12(20)8-15(18)22/h3-8H,9-10H2,1-2H3,(H,23,27). The number of hydrogen-bond donors (Lipinski definition) is 1. The molecule has 0 fully saturated rings. The quantitative estimate of drug-likeness (QED) is 0.468. The molecule has 0 radical (unpaired) electrons. The van der Waals surface area contributed by atoms with Gasteiger partial charge >= 0.3 is 0 Å². The van der Waals surface area contributed by atoms with Crippen LogP contribution in [0.2, 0.25) is 15.1 Å². The average molecular weight is 472 g/mol. The van der Waals surface area contributed by atoms with E-state index in [1.54, 1.807) is 4.57 Å². The van der Waals surface area contributed by atoms with Crippen molar-refractivity contribution in [3.8, 4) is 5.75 Å². The van der Waals surface area contributed by atoms with Gasteiger partial charge in [-0.15, -0.1) is 10.2 Å². The number of aryl methyl sites for hydroxylation is 1. The Morgan fingerprint density at radius 1 is 1.14 bits per heavy atom. The SMILES string of the molecule is Cc1ccc(OCc2nnc(SCC(=O)Nc3c(Cl)cc(Cl)cc3Cl)n2C)cc1. The van der Waals surface area contributed by atoms with E-state index in [1.165, 1.54) is 23.9 Å². The summed E-state index contributed by atoms with van der Waals surface area (Å²) in [5.41, 5.74) is 1.49. The Bertz CT molecular complexity index is 1000. The highest BCUT2D eigenvalue weighted by atomic mass is 35.5. The number of carbonyl (C=O) groups is 1. The van der Waals surface area contributed by atoms with Gasteiger partial charge in [0.15, 0.2) is 11.0 Å². The molecule has 152 valence electrons. The molecule has 3 aromatic rings. The highest BCUT2D eigenvalue weighted by Crippen LogP contribution is 2.33. The van der Waals surface area contributed by atoms with Crippen LogP contribution in [0, 0.1) is 6.92 Å². The van der Waals surface area contributed by atoms with Gasteiger partial charge in [-0.1, -0.05) is 64.3 Å². The fraction of sp³-hybridized carbons (Fsp3) is 0.211. The molecule has 0 saturated heterocycles. The van der Waals surface area contributed by atoms with Crippen molar-refractivity contribution in [2.45, 2.75) is 18.7 Å². The van der Waals surface area contributed by atoms with Crippen LogP contribution in [0.5, 0.6) is 5.75 Å². The van der Waals surface area contributed by atoms with Crippen LogP contribution in [0.3, 0.4) is 0 Å². The number of anilines is 1. The number of ether oxygens (including phenoxy) is 1. The van der Waals surface area contributed by atoms with Crippen LogP contribution < -0.4 is 10.1 Å².